The lowest BCUT2D eigenvalue weighted by atomic mass is 10.1. The number of halogens is 2. The van der Waals surface area contributed by atoms with Crippen LogP contribution in [-0.4, -0.2) is 11.1 Å². The van der Waals surface area contributed by atoms with E-state index in [0.717, 1.165) is 15.8 Å². The minimum absolute atomic E-state index is 0.0434. The first-order chi connectivity index (χ1) is 8.41. The van der Waals surface area contributed by atoms with Gasteiger partial charge in [-0.25, -0.2) is 9.18 Å². The van der Waals surface area contributed by atoms with Crippen LogP contribution in [0.2, 0.25) is 0 Å². The molecule has 18 heavy (non-hydrogen) atoms. The Morgan fingerprint density at radius 2 is 2.17 bits per heavy atom. The lowest BCUT2D eigenvalue weighted by molar-refractivity contribution is 0.0703. The molecular formula is C12H9BrFNO2S. The quantitative estimate of drug-likeness (QED) is 0.878. The number of thiophene rings is 1. The zero-order valence-corrected chi connectivity index (χ0v) is 11.7. The van der Waals surface area contributed by atoms with E-state index in [9.17, 15) is 9.18 Å². The van der Waals surface area contributed by atoms with Crippen molar-refractivity contribution in [2.24, 2.45) is 0 Å². The van der Waals surface area contributed by atoms with Gasteiger partial charge in [-0.15, -0.1) is 11.3 Å². The number of hydrogen-bond donors (Lipinski definition) is 2. The van der Waals surface area contributed by atoms with Crippen molar-refractivity contribution in [3.05, 3.63) is 38.9 Å². The van der Waals surface area contributed by atoms with Crippen LogP contribution in [0.3, 0.4) is 0 Å². The van der Waals surface area contributed by atoms with E-state index in [2.05, 4.69) is 15.9 Å². The number of nitrogens with two attached hydrogens (primary N) is 1. The van der Waals surface area contributed by atoms with Crippen molar-refractivity contribution in [2.75, 3.05) is 5.73 Å². The average Bonchev–Trinajstić information content (AvgIpc) is 2.60. The van der Waals surface area contributed by atoms with Gasteiger partial charge in [0.1, 0.15) is 10.7 Å². The van der Waals surface area contributed by atoms with Crippen LogP contribution >= 0.6 is 27.3 Å². The average molecular weight is 330 g/mol. The molecule has 0 aliphatic rings. The highest BCUT2D eigenvalue weighted by molar-refractivity contribution is 9.10. The van der Waals surface area contributed by atoms with E-state index in [4.69, 9.17) is 10.8 Å². The van der Waals surface area contributed by atoms with Gasteiger partial charge in [0.05, 0.1) is 5.69 Å². The highest BCUT2D eigenvalue weighted by Crippen LogP contribution is 2.39. The first-order valence-corrected chi connectivity index (χ1v) is 6.60. The van der Waals surface area contributed by atoms with Gasteiger partial charge in [0.2, 0.25) is 0 Å². The molecule has 1 aromatic heterocycles. The van der Waals surface area contributed by atoms with E-state index in [1.54, 1.807) is 19.1 Å². The zero-order valence-electron chi connectivity index (χ0n) is 9.33. The van der Waals surface area contributed by atoms with Crippen molar-refractivity contribution in [2.45, 2.75) is 6.92 Å². The van der Waals surface area contributed by atoms with Crippen LogP contribution in [0.5, 0.6) is 0 Å². The van der Waals surface area contributed by atoms with Crippen molar-refractivity contribution in [3.8, 4) is 10.4 Å². The van der Waals surface area contributed by atoms with Crippen LogP contribution in [0, 0.1) is 12.7 Å². The lowest BCUT2D eigenvalue weighted by Crippen LogP contribution is -1.97. The van der Waals surface area contributed by atoms with E-state index in [1.807, 2.05) is 0 Å². The van der Waals surface area contributed by atoms with Gasteiger partial charge in [0, 0.05) is 14.9 Å². The third-order valence-corrected chi connectivity index (χ3v) is 4.38. The fourth-order valence-corrected chi connectivity index (χ4v) is 3.06. The molecule has 0 aliphatic heterocycles. The molecule has 2 aromatic rings. The Balaban J connectivity index is 2.68. The van der Waals surface area contributed by atoms with Crippen LogP contribution in [0.1, 0.15) is 15.2 Å². The van der Waals surface area contributed by atoms with Crippen LogP contribution in [0.15, 0.2) is 22.7 Å². The number of hydrogen-bond acceptors (Lipinski definition) is 3. The Hall–Kier alpha value is -1.40. The fraction of sp³-hybridized carbons (Fsp3) is 0.0833. The maximum absolute atomic E-state index is 13.8. The normalized spacial score (nSPS) is 10.6. The van der Waals surface area contributed by atoms with Gasteiger partial charge < -0.3 is 10.8 Å². The van der Waals surface area contributed by atoms with Crippen molar-refractivity contribution in [1.29, 1.82) is 0 Å². The molecule has 0 unspecified atom stereocenters. The van der Waals surface area contributed by atoms with Crippen molar-refractivity contribution in [1.82, 2.24) is 0 Å². The summed E-state index contributed by atoms with van der Waals surface area (Å²) < 4.78 is 14.5. The summed E-state index contributed by atoms with van der Waals surface area (Å²) in [5.41, 5.74) is 6.87. The Bertz CT molecular complexity index is 639. The molecule has 3 nitrogen and oxygen atoms in total. The van der Waals surface area contributed by atoms with Gasteiger partial charge in [-0.3, -0.25) is 0 Å². The van der Waals surface area contributed by atoms with Crippen LogP contribution in [0.25, 0.3) is 10.4 Å². The van der Waals surface area contributed by atoms with Gasteiger partial charge in [-0.1, -0.05) is 15.9 Å². The molecule has 0 fully saturated rings. The minimum Gasteiger partial charge on any atom is -0.477 e. The molecule has 1 aromatic carbocycles. The van der Waals surface area contributed by atoms with E-state index in [-0.39, 0.29) is 10.6 Å². The third kappa shape index (κ3) is 2.13. The predicted octanol–water partition coefficient (Wildman–Crippen LogP) is 3.91. The second-order valence-corrected chi connectivity index (χ2v) is 5.66. The maximum atomic E-state index is 13.8. The molecule has 0 amide bonds. The molecule has 0 aliphatic carbocycles. The minimum atomic E-state index is -1.10. The number of carboxylic acids is 1. The molecule has 94 valence electrons. The number of nitrogen functional groups attached to an aromatic ring is 1. The number of carboxylic acid groups (broad SMARTS) is 1. The van der Waals surface area contributed by atoms with Crippen molar-refractivity contribution < 1.29 is 14.3 Å². The van der Waals surface area contributed by atoms with E-state index >= 15 is 0 Å². The SMILES string of the molecule is Cc1c(-c2cc(Br)ccc2F)sc(C(=O)O)c1N. The topological polar surface area (TPSA) is 63.3 Å². The second kappa shape index (κ2) is 4.70. The zero-order chi connectivity index (χ0) is 13.4. The van der Waals surface area contributed by atoms with Gasteiger partial charge in [0.25, 0.3) is 0 Å². The maximum Gasteiger partial charge on any atom is 0.348 e. The number of anilines is 1. The molecule has 0 atom stereocenters. The van der Waals surface area contributed by atoms with Crippen LogP contribution < -0.4 is 5.73 Å². The molecular weight excluding hydrogens is 321 g/mol. The standard InChI is InChI=1S/C12H9BrFNO2S/c1-5-9(15)11(12(16)17)18-10(5)7-4-6(13)2-3-8(7)14/h2-4H,15H2,1H3,(H,16,17). The van der Waals surface area contributed by atoms with Gasteiger partial charge in [0.15, 0.2) is 0 Å². The summed E-state index contributed by atoms with van der Waals surface area (Å²) in [7, 11) is 0. The summed E-state index contributed by atoms with van der Waals surface area (Å²) in [5.74, 6) is -1.50. The Morgan fingerprint density at radius 3 is 2.72 bits per heavy atom. The predicted molar refractivity (Wildman–Crippen MR) is 73.5 cm³/mol. The largest absolute Gasteiger partial charge is 0.477 e. The third-order valence-electron chi connectivity index (χ3n) is 2.56. The molecule has 0 saturated carbocycles. The molecule has 0 spiro atoms. The first kappa shape index (κ1) is 13.0. The monoisotopic (exact) mass is 329 g/mol. The summed E-state index contributed by atoms with van der Waals surface area (Å²) in [6.07, 6.45) is 0. The summed E-state index contributed by atoms with van der Waals surface area (Å²) in [4.78, 5) is 11.6. The van der Waals surface area contributed by atoms with E-state index in [0.29, 0.717) is 16.0 Å². The summed E-state index contributed by atoms with van der Waals surface area (Å²) >= 11 is 4.25. The number of rotatable bonds is 2. The molecule has 6 heteroatoms. The van der Waals surface area contributed by atoms with Crippen LogP contribution in [-0.2, 0) is 0 Å². The molecule has 2 rings (SSSR count). The highest BCUT2D eigenvalue weighted by Gasteiger charge is 2.20. The molecule has 0 bridgehead atoms. The summed E-state index contributed by atoms with van der Waals surface area (Å²) in [6, 6.07) is 4.53. The molecule has 3 N–H and O–H groups in total. The fourth-order valence-electron chi connectivity index (χ4n) is 1.61. The molecule has 0 saturated heterocycles. The molecule has 0 radical (unpaired) electrons. The Kier molecular flexibility index (Phi) is 3.41. The highest BCUT2D eigenvalue weighted by atomic mass is 79.9. The van der Waals surface area contributed by atoms with Gasteiger partial charge in [-0.05, 0) is 30.7 Å². The van der Waals surface area contributed by atoms with Crippen LogP contribution in [0.4, 0.5) is 10.1 Å². The number of aromatic carboxylic acids is 1. The molecule has 1 heterocycles. The lowest BCUT2D eigenvalue weighted by Gasteiger charge is -2.03. The summed E-state index contributed by atoms with van der Waals surface area (Å²) in [6.45, 7) is 1.69. The van der Waals surface area contributed by atoms with Gasteiger partial charge in [-0.2, -0.15) is 0 Å². The van der Waals surface area contributed by atoms with E-state index in [1.165, 1.54) is 6.07 Å². The number of carbonyl (C=O) groups is 1. The Labute approximate surface area is 115 Å². The smallest absolute Gasteiger partial charge is 0.348 e. The van der Waals surface area contributed by atoms with Crippen molar-refractivity contribution in [3.63, 3.8) is 0 Å². The van der Waals surface area contributed by atoms with Crippen molar-refractivity contribution >= 4 is 38.9 Å². The summed E-state index contributed by atoms with van der Waals surface area (Å²) in [5, 5.41) is 9.00. The van der Waals surface area contributed by atoms with Gasteiger partial charge >= 0.3 is 5.97 Å². The second-order valence-electron chi connectivity index (χ2n) is 3.73. The van der Waals surface area contributed by atoms with E-state index < -0.39 is 11.8 Å². The first-order valence-electron chi connectivity index (χ1n) is 4.99. The number of benzene rings is 1. The Morgan fingerprint density at radius 1 is 1.50 bits per heavy atom.